The smallest absolute Gasteiger partial charge is 0.337 e. The van der Waals surface area contributed by atoms with Gasteiger partial charge in [-0.2, -0.15) is 0 Å². The summed E-state index contributed by atoms with van der Waals surface area (Å²) in [6.45, 7) is 5.33. The van der Waals surface area contributed by atoms with Crippen molar-refractivity contribution in [3.63, 3.8) is 0 Å². The molecule has 1 saturated carbocycles. The minimum absolute atomic E-state index is 0.200. The van der Waals surface area contributed by atoms with Crippen LogP contribution in [0.25, 0.3) is 11.0 Å². The fourth-order valence-electron chi connectivity index (χ4n) is 5.51. The predicted octanol–water partition coefficient (Wildman–Crippen LogP) is 1.36. The van der Waals surface area contributed by atoms with Gasteiger partial charge in [0.05, 0.1) is 36.7 Å². The number of nitrogens with one attached hydrogen (secondary N) is 3. The SMILES string of the molecule is Cc1ccc(C(CC[NH+]2CCC(CNC(=O)n3c(=O)n(C4CC4)c4ccccc43)CC2)NC(=O)[O-])cc1. The molecule has 0 radical (unpaired) electrons. The van der Waals surface area contributed by atoms with Crippen LogP contribution in [0.15, 0.2) is 53.3 Å². The van der Waals surface area contributed by atoms with Crippen molar-refractivity contribution in [2.45, 2.75) is 51.1 Å². The van der Waals surface area contributed by atoms with E-state index in [9.17, 15) is 19.5 Å². The zero-order valence-corrected chi connectivity index (χ0v) is 21.2. The van der Waals surface area contributed by atoms with Crippen LogP contribution in [-0.4, -0.2) is 47.4 Å². The van der Waals surface area contributed by atoms with Gasteiger partial charge in [-0.05, 0) is 43.4 Å². The normalized spacial score (nSPS) is 20.5. The van der Waals surface area contributed by atoms with Gasteiger partial charge in [0.2, 0.25) is 0 Å². The molecular formula is C28H35N5O4. The Morgan fingerprint density at radius 2 is 1.70 bits per heavy atom. The Balaban J connectivity index is 1.13. The van der Waals surface area contributed by atoms with Gasteiger partial charge < -0.3 is 25.4 Å². The molecule has 9 nitrogen and oxygen atoms in total. The van der Waals surface area contributed by atoms with E-state index in [1.807, 2.05) is 55.5 Å². The van der Waals surface area contributed by atoms with Crippen LogP contribution in [0.1, 0.15) is 55.3 Å². The number of rotatable bonds is 8. The highest BCUT2D eigenvalue weighted by molar-refractivity contribution is 5.89. The zero-order valence-electron chi connectivity index (χ0n) is 21.2. The van der Waals surface area contributed by atoms with Crippen molar-refractivity contribution in [2.24, 2.45) is 5.92 Å². The highest BCUT2D eigenvalue weighted by atomic mass is 16.4. The number of para-hydroxylation sites is 2. The molecule has 1 saturated heterocycles. The maximum absolute atomic E-state index is 13.0. The maximum atomic E-state index is 13.0. The maximum Gasteiger partial charge on any atom is 0.337 e. The molecule has 0 spiro atoms. The van der Waals surface area contributed by atoms with Crippen molar-refractivity contribution in [1.29, 1.82) is 0 Å². The Bertz CT molecular complexity index is 1320. The standard InChI is InChI=1S/C28H35N5O4/c1-19-6-8-21(9-7-19)23(30-27(35)36)14-17-31-15-12-20(13-16-31)18-29-26(34)33-25-5-3-2-4-24(25)32(28(33)37)22-10-11-22/h2-9,20,22-23,30H,10-18H2,1H3,(H,29,34)(H,35,36). The summed E-state index contributed by atoms with van der Waals surface area (Å²) in [6.07, 6.45) is 3.34. The number of aryl methyl sites for hydroxylation is 1. The molecule has 3 aromatic rings. The van der Waals surface area contributed by atoms with Gasteiger partial charge in [0.1, 0.15) is 6.09 Å². The van der Waals surface area contributed by atoms with Gasteiger partial charge in [-0.25, -0.2) is 14.2 Å². The fourth-order valence-corrected chi connectivity index (χ4v) is 5.51. The Hall–Kier alpha value is -3.59. The number of carbonyl (C=O) groups is 2. The topological polar surface area (TPSA) is 113 Å². The summed E-state index contributed by atoms with van der Waals surface area (Å²) in [5, 5.41) is 16.8. The lowest BCUT2D eigenvalue weighted by Gasteiger charge is -2.31. The van der Waals surface area contributed by atoms with Crippen LogP contribution < -0.4 is 26.3 Å². The molecule has 1 atom stereocenters. The fraction of sp³-hybridized carbons (Fsp3) is 0.464. The van der Waals surface area contributed by atoms with Crippen LogP contribution in [0.2, 0.25) is 0 Å². The third-order valence-corrected chi connectivity index (χ3v) is 7.81. The van der Waals surface area contributed by atoms with Gasteiger partial charge in [0.25, 0.3) is 0 Å². The second-order valence-electron chi connectivity index (χ2n) is 10.5. The van der Waals surface area contributed by atoms with E-state index in [-0.39, 0.29) is 23.8 Å². The largest absolute Gasteiger partial charge is 0.530 e. The Morgan fingerprint density at radius 3 is 2.35 bits per heavy atom. The van der Waals surface area contributed by atoms with Crippen LogP contribution in [0, 0.1) is 12.8 Å². The summed E-state index contributed by atoms with van der Waals surface area (Å²) in [5.41, 5.74) is 3.30. The highest BCUT2D eigenvalue weighted by Gasteiger charge is 2.30. The van der Waals surface area contributed by atoms with Crippen LogP contribution in [0.4, 0.5) is 9.59 Å². The lowest BCUT2D eigenvalue weighted by Crippen LogP contribution is -3.13. The molecule has 2 aliphatic rings. The van der Waals surface area contributed by atoms with E-state index in [1.165, 1.54) is 9.47 Å². The highest BCUT2D eigenvalue weighted by Crippen LogP contribution is 2.36. The summed E-state index contributed by atoms with van der Waals surface area (Å²) < 4.78 is 3.04. The molecule has 1 unspecified atom stereocenters. The molecule has 37 heavy (non-hydrogen) atoms. The van der Waals surface area contributed by atoms with E-state index in [4.69, 9.17) is 0 Å². The third-order valence-electron chi connectivity index (χ3n) is 7.81. The third kappa shape index (κ3) is 5.72. The number of aromatic nitrogens is 2. The number of hydrogen-bond donors (Lipinski definition) is 3. The Labute approximate surface area is 216 Å². The number of nitrogens with zero attached hydrogens (tertiary/aromatic N) is 2. The van der Waals surface area contributed by atoms with E-state index >= 15 is 0 Å². The zero-order chi connectivity index (χ0) is 25.9. The monoisotopic (exact) mass is 505 g/mol. The van der Waals surface area contributed by atoms with Crippen LogP contribution >= 0.6 is 0 Å². The first-order valence-corrected chi connectivity index (χ1v) is 13.3. The first-order chi connectivity index (χ1) is 17.9. The van der Waals surface area contributed by atoms with Crippen LogP contribution in [-0.2, 0) is 0 Å². The number of carboxylic acid groups (broad SMARTS) is 1. The van der Waals surface area contributed by atoms with E-state index < -0.39 is 6.09 Å². The first kappa shape index (κ1) is 25.1. The minimum Gasteiger partial charge on any atom is -0.530 e. The van der Waals surface area contributed by atoms with Crippen molar-refractivity contribution in [3.8, 4) is 0 Å². The van der Waals surface area contributed by atoms with Crippen molar-refractivity contribution < 1.29 is 19.6 Å². The molecule has 196 valence electrons. The Kier molecular flexibility index (Phi) is 7.32. The molecule has 1 aliphatic carbocycles. The summed E-state index contributed by atoms with van der Waals surface area (Å²) in [7, 11) is 0. The number of fused-ring (bicyclic) bond motifs is 1. The molecule has 2 fully saturated rings. The quantitative estimate of drug-likeness (QED) is 0.429. The van der Waals surface area contributed by atoms with E-state index in [0.29, 0.717) is 24.4 Å². The van der Waals surface area contributed by atoms with Crippen molar-refractivity contribution in [1.82, 2.24) is 19.8 Å². The second kappa shape index (κ2) is 10.8. The van der Waals surface area contributed by atoms with Gasteiger partial charge in [-0.3, -0.25) is 4.57 Å². The number of benzene rings is 2. The summed E-state index contributed by atoms with van der Waals surface area (Å²) in [5.74, 6) is 0.356. The molecule has 1 aliphatic heterocycles. The number of carbonyl (C=O) groups excluding carboxylic acids is 2. The molecule has 1 aromatic heterocycles. The average molecular weight is 506 g/mol. The van der Waals surface area contributed by atoms with Gasteiger partial charge in [0.15, 0.2) is 0 Å². The van der Waals surface area contributed by atoms with Crippen molar-refractivity contribution >= 4 is 23.2 Å². The molecule has 2 aromatic carbocycles. The van der Waals surface area contributed by atoms with Gasteiger partial charge in [-0.1, -0.05) is 42.0 Å². The van der Waals surface area contributed by atoms with Crippen LogP contribution in [0.5, 0.6) is 0 Å². The molecule has 5 rings (SSSR count). The number of imidazole rings is 1. The molecule has 3 N–H and O–H groups in total. The predicted molar refractivity (Wildman–Crippen MR) is 139 cm³/mol. The molecule has 9 heteroatoms. The molecule has 2 amide bonds. The van der Waals surface area contributed by atoms with Gasteiger partial charge in [-0.15, -0.1) is 0 Å². The summed E-state index contributed by atoms with van der Waals surface area (Å²) >= 11 is 0. The van der Waals surface area contributed by atoms with E-state index in [1.54, 1.807) is 4.57 Å². The average Bonchev–Trinajstić information content (AvgIpc) is 3.68. The van der Waals surface area contributed by atoms with E-state index in [0.717, 1.165) is 62.0 Å². The number of likely N-dealkylation sites (tertiary alicyclic amines) is 1. The van der Waals surface area contributed by atoms with Crippen molar-refractivity contribution in [3.05, 3.63) is 70.1 Å². The number of hydrogen-bond acceptors (Lipinski definition) is 4. The Morgan fingerprint density at radius 1 is 1.03 bits per heavy atom. The minimum atomic E-state index is -1.26. The number of quaternary nitrogens is 1. The molecule has 2 heterocycles. The van der Waals surface area contributed by atoms with Gasteiger partial charge in [0, 0.05) is 31.8 Å². The molecular weight excluding hydrogens is 470 g/mol. The second-order valence-corrected chi connectivity index (χ2v) is 10.5. The van der Waals surface area contributed by atoms with Gasteiger partial charge >= 0.3 is 11.7 Å². The van der Waals surface area contributed by atoms with Crippen molar-refractivity contribution in [2.75, 3.05) is 26.2 Å². The lowest BCUT2D eigenvalue weighted by atomic mass is 9.96. The van der Waals surface area contributed by atoms with E-state index in [2.05, 4.69) is 10.6 Å². The summed E-state index contributed by atoms with van der Waals surface area (Å²) in [4.78, 5) is 38.7. The first-order valence-electron chi connectivity index (χ1n) is 13.3. The number of amides is 2. The lowest BCUT2D eigenvalue weighted by molar-refractivity contribution is -0.906. The molecule has 0 bridgehead atoms. The number of piperidine rings is 1. The van der Waals surface area contributed by atoms with Crippen LogP contribution in [0.3, 0.4) is 0 Å². The summed E-state index contributed by atoms with van der Waals surface area (Å²) in [6, 6.07) is 15.0.